The van der Waals surface area contributed by atoms with E-state index in [0.717, 1.165) is 16.4 Å². The summed E-state index contributed by atoms with van der Waals surface area (Å²) >= 11 is 0. The Hall–Kier alpha value is -2.97. The third-order valence-corrected chi connectivity index (χ3v) is 3.25. The first-order valence-electron chi connectivity index (χ1n) is 6.71. The van der Waals surface area contributed by atoms with Crippen LogP contribution in [0.5, 0.6) is 5.75 Å². The zero-order valence-electron chi connectivity index (χ0n) is 12.6. The van der Waals surface area contributed by atoms with Gasteiger partial charge in [0.05, 0.1) is 12.0 Å². The molecule has 0 fully saturated rings. The van der Waals surface area contributed by atoms with Gasteiger partial charge in [-0.1, -0.05) is 6.07 Å². The monoisotopic (exact) mass is 322 g/mol. The van der Waals surface area contributed by atoms with Crippen LogP contribution in [-0.4, -0.2) is 34.3 Å². The number of nitro groups is 1. The van der Waals surface area contributed by atoms with Gasteiger partial charge in [0.25, 0.3) is 5.91 Å². The number of ether oxygens (including phenoxy) is 1. The third-order valence-electron chi connectivity index (χ3n) is 3.25. The van der Waals surface area contributed by atoms with Crippen molar-refractivity contribution in [2.24, 2.45) is 7.05 Å². The number of halogens is 1. The topological polar surface area (TPSA) is 99.3 Å². The van der Waals surface area contributed by atoms with Crippen molar-refractivity contribution in [3.05, 3.63) is 51.6 Å². The predicted octanol–water partition coefficient (Wildman–Crippen LogP) is 1.45. The number of methoxy groups -OCH3 is 1. The first-order valence-corrected chi connectivity index (χ1v) is 6.71. The van der Waals surface area contributed by atoms with Gasteiger partial charge in [0, 0.05) is 13.6 Å². The van der Waals surface area contributed by atoms with Crippen molar-refractivity contribution in [3.8, 4) is 5.75 Å². The molecule has 1 heterocycles. The van der Waals surface area contributed by atoms with Crippen molar-refractivity contribution < 1.29 is 18.8 Å². The minimum absolute atomic E-state index is 0.119. The highest BCUT2D eigenvalue weighted by Gasteiger charge is 2.25. The standard InChI is InChI=1S/C14H15FN4O4/c1-18-13(11(8-17-18)19(21)22)14(20)16-6-5-9-3-4-10(15)12(7-9)23-2/h3-4,7-8H,5-6H2,1-2H3,(H,16,20). The first kappa shape index (κ1) is 16.4. The number of aromatic nitrogens is 2. The second-order valence-corrected chi connectivity index (χ2v) is 4.73. The maximum absolute atomic E-state index is 13.3. The van der Waals surface area contributed by atoms with Crippen molar-refractivity contribution in [3.63, 3.8) is 0 Å². The van der Waals surface area contributed by atoms with Gasteiger partial charge in [-0.2, -0.15) is 5.10 Å². The van der Waals surface area contributed by atoms with E-state index in [4.69, 9.17) is 4.74 Å². The Morgan fingerprint density at radius 3 is 2.91 bits per heavy atom. The molecule has 9 heteroatoms. The van der Waals surface area contributed by atoms with Crippen LogP contribution in [0.2, 0.25) is 0 Å². The summed E-state index contributed by atoms with van der Waals surface area (Å²) in [6.45, 7) is 0.232. The molecule has 0 spiro atoms. The van der Waals surface area contributed by atoms with Crippen LogP contribution in [0.1, 0.15) is 16.1 Å². The smallest absolute Gasteiger partial charge is 0.320 e. The fourth-order valence-electron chi connectivity index (χ4n) is 2.09. The molecule has 0 aliphatic carbocycles. The average Bonchev–Trinajstić information content (AvgIpc) is 2.90. The lowest BCUT2D eigenvalue weighted by Gasteiger charge is -2.07. The lowest BCUT2D eigenvalue weighted by molar-refractivity contribution is -0.385. The van der Waals surface area contributed by atoms with Gasteiger partial charge in [0.2, 0.25) is 5.69 Å². The van der Waals surface area contributed by atoms with E-state index < -0.39 is 16.6 Å². The van der Waals surface area contributed by atoms with Crippen LogP contribution in [0, 0.1) is 15.9 Å². The van der Waals surface area contributed by atoms with E-state index in [1.807, 2.05) is 0 Å². The predicted molar refractivity (Wildman–Crippen MR) is 78.9 cm³/mol. The highest BCUT2D eigenvalue weighted by molar-refractivity contribution is 5.96. The van der Waals surface area contributed by atoms with Gasteiger partial charge in [-0.05, 0) is 24.1 Å². The number of hydrogen-bond donors (Lipinski definition) is 1. The normalized spacial score (nSPS) is 10.4. The van der Waals surface area contributed by atoms with Crippen molar-refractivity contribution in [1.29, 1.82) is 0 Å². The molecule has 0 aliphatic heterocycles. The van der Waals surface area contributed by atoms with Crippen LogP contribution < -0.4 is 10.1 Å². The van der Waals surface area contributed by atoms with E-state index >= 15 is 0 Å². The van der Waals surface area contributed by atoms with Gasteiger partial charge < -0.3 is 10.1 Å². The van der Waals surface area contributed by atoms with E-state index in [2.05, 4.69) is 10.4 Å². The fraction of sp³-hybridized carbons (Fsp3) is 0.286. The Morgan fingerprint density at radius 2 is 2.26 bits per heavy atom. The molecular weight excluding hydrogens is 307 g/mol. The van der Waals surface area contributed by atoms with Gasteiger partial charge in [-0.3, -0.25) is 19.6 Å². The number of rotatable bonds is 6. The summed E-state index contributed by atoms with van der Waals surface area (Å²) in [5, 5.41) is 17.2. The first-order chi connectivity index (χ1) is 10.9. The number of hydrogen-bond acceptors (Lipinski definition) is 5. The van der Waals surface area contributed by atoms with E-state index in [-0.39, 0.29) is 23.7 Å². The molecule has 1 aromatic heterocycles. The fourth-order valence-corrected chi connectivity index (χ4v) is 2.09. The van der Waals surface area contributed by atoms with Gasteiger partial charge in [0.15, 0.2) is 11.6 Å². The second kappa shape index (κ2) is 6.86. The van der Waals surface area contributed by atoms with E-state index in [1.165, 1.54) is 26.3 Å². The second-order valence-electron chi connectivity index (χ2n) is 4.73. The number of carbonyl (C=O) groups excluding carboxylic acids is 1. The van der Waals surface area contributed by atoms with Crippen LogP contribution in [0.3, 0.4) is 0 Å². The van der Waals surface area contributed by atoms with Crippen LogP contribution in [0.4, 0.5) is 10.1 Å². The lowest BCUT2D eigenvalue weighted by Crippen LogP contribution is -2.28. The molecule has 0 aliphatic rings. The molecule has 122 valence electrons. The Kier molecular flexibility index (Phi) is 4.89. The summed E-state index contributed by atoms with van der Waals surface area (Å²) in [5.41, 5.74) is 0.295. The average molecular weight is 322 g/mol. The van der Waals surface area contributed by atoms with E-state index in [0.29, 0.717) is 6.42 Å². The molecule has 0 bridgehead atoms. The SMILES string of the molecule is COc1cc(CCNC(=O)c2c([N+](=O)[O-])cnn2C)ccc1F. The summed E-state index contributed by atoms with van der Waals surface area (Å²) < 4.78 is 19.3. The van der Waals surface area contributed by atoms with E-state index in [1.54, 1.807) is 6.07 Å². The number of nitrogens with zero attached hydrogens (tertiary/aromatic N) is 3. The Balaban J connectivity index is 2.00. The molecule has 0 atom stereocenters. The molecule has 8 nitrogen and oxygen atoms in total. The molecule has 2 aromatic rings. The molecule has 1 N–H and O–H groups in total. The van der Waals surface area contributed by atoms with Gasteiger partial charge >= 0.3 is 5.69 Å². The maximum Gasteiger partial charge on any atom is 0.320 e. The molecule has 0 saturated carbocycles. The molecule has 2 rings (SSSR count). The summed E-state index contributed by atoms with van der Waals surface area (Å²) in [6, 6.07) is 4.40. The zero-order chi connectivity index (χ0) is 17.0. The number of amides is 1. The molecule has 1 aromatic carbocycles. The highest BCUT2D eigenvalue weighted by Crippen LogP contribution is 2.19. The molecule has 23 heavy (non-hydrogen) atoms. The third kappa shape index (κ3) is 3.62. The van der Waals surface area contributed by atoms with Crippen LogP contribution in [0.15, 0.2) is 24.4 Å². The zero-order valence-corrected chi connectivity index (χ0v) is 12.6. The summed E-state index contributed by atoms with van der Waals surface area (Å²) in [6.07, 6.45) is 1.45. The maximum atomic E-state index is 13.3. The van der Waals surface area contributed by atoms with Crippen LogP contribution in [-0.2, 0) is 13.5 Å². The van der Waals surface area contributed by atoms with Gasteiger partial charge in [-0.25, -0.2) is 4.39 Å². The van der Waals surface area contributed by atoms with Crippen molar-refractivity contribution in [2.45, 2.75) is 6.42 Å². The van der Waals surface area contributed by atoms with E-state index in [9.17, 15) is 19.3 Å². The Bertz CT molecular complexity index is 744. The molecule has 0 saturated heterocycles. The number of aryl methyl sites for hydroxylation is 1. The summed E-state index contributed by atoms with van der Waals surface area (Å²) in [7, 11) is 2.82. The largest absolute Gasteiger partial charge is 0.494 e. The quantitative estimate of drug-likeness (QED) is 0.641. The van der Waals surface area contributed by atoms with Gasteiger partial charge in [-0.15, -0.1) is 0 Å². The highest BCUT2D eigenvalue weighted by atomic mass is 19.1. The summed E-state index contributed by atoms with van der Waals surface area (Å²) in [4.78, 5) is 22.3. The van der Waals surface area contributed by atoms with Crippen molar-refractivity contribution >= 4 is 11.6 Å². The van der Waals surface area contributed by atoms with Crippen LogP contribution in [0.25, 0.3) is 0 Å². The Labute approximate surface area is 131 Å². The molecule has 0 unspecified atom stereocenters. The minimum atomic E-state index is -0.660. The minimum Gasteiger partial charge on any atom is -0.494 e. The van der Waals surface area contributed by atoms with Crippen LogP contribution >= 0.6 is 0 Å². The summed E-state index contributed by atoms with van der Waals surface area (Å²) in [5.74, 6) is -0.937. The van der Waals surface area contributed by atoms with Crippen molar-refractivity contribution in [2.75, 3.05) is 13.7 Å². The van der Waals surface area contributed by atoms with Gasteiger partial charge in [0.1, 0.15) is 6.20 Å². The number of benzene rings is 1. The Morgan fingerprint density at radius 1 is 1.52 bits per heavy atom. The molecular formula is C14H15FN4O4. The molecule has 1 amide bonds. The number of nitrogens with one attached hydrogen (secondary N) is 1. The number of carbonyl (C=O) groups is 1. The van der Waals surface area contributed by atoms with Crippen molar-refractivity contribution in [1.82, 2.24) is 15.1 Å². The molecule has 0 radical (unpaired) electrons. The lowest BCUT2D eigenvalue weighted by atomic mass is 10.1.